The monoisotopic (exact) mass is 582 g/mol. The second-order valence-corrected chi connectivity index (χ2v) is 11.2. The molecule has 0 atom stereocenters. The molecular formula is C32H35FN8O2. The summed E-state index contributed by atoms with van der Waals surface area (Å²) in [5, 5.41) is 10.3. The van der Waals surface area contributed by atoms with E-state index in [1.807, 2.05) is 43.3 Å². The Hall–Kier alpha value is -4.64. The van der Waals surface area contributed by atoms with E-state index >= 15 is 0 Å². The van der Waals surface area contributed by atoms with Gasteiger partial charge in [0.2, 0.25) is 0 Å². The number of ketones is 1. The molecular weight excluding hydrogens is 547 g/mol. The Balaban J connectivity index is 1.43. The highest BCUT2D eigenvalue weighted by Gasteiger charge is 2.28. The maximum Gasteiger partial charge on any atom is 0.185 e. The Labute approximate surface area is 249 Å². The zero-order valence-electron chi connectivity index (χ0n) is 25.1. The van der Waals surface area contributed by atoms with E-state index in [2.05, 4.69) is 39.0 Å². The summed E-state index contributed by atoms with van der Waals surface area (Å²) in [5.74, 6) is -0.293. The molecule has 1 aliphatic rings. The highest BCUT2D eigenvalue weighted by atomic mass is 19.1. The van der Waals surface area contributed by atoms with Gasteiger partial charge >= 0.3 is 0 Å². The van der Waals surface area contributed by atoms with Gasteiger partial charge in [-0.05, 0) is 56.8 Å². The van der Waals surface area contributed by atoms with Crippen molar-refractivity contribution in [3.05, 3.63) is 72.1 Å². The minimum absolute atomic E-state index is 0.105. The van der Waals surface area contributed by atoms with Crippen LogP contribution in [0.15, 0.2) is 55.0 Å². The number of piperidine rings is 1. The molecule has 0 unspecified atom stereocenters. The quantitative estimate of drug-likeness (QED) is 0.246. The van der Waals surface area contributed by atoms with Gasteiger partial charge in [-0.1, -0.05) is 12.1 Å². The Morgan fingerprint density at radius 1 is 1.12 bits per heavy atom. The molecule has 43 heavy (non-hydrogen) atoms. The summed E-state index contributed by atoms with van der Waals surface area (Å²) in [6.45, 7) is 1.71. The zero-order valence-corrected chi connectivity index (χ0v) is 25.1. The van der Waals surface area contributed by atoms with E-state index in [1.54, 1.807) is 22.9 Å². The van der Waals surface area contributed by atoms with Crippen molar-refractivity contribution in [1.29, 1.82) is 0 Å². The van der Waals surface area contributed by atoms with Crippen LogP contribution in [0.2, 0.25) is 0 Å². The fourth-order valence-electron chi connectivity index (χ4n) is 6.03. The number of carbonyl (C=O) groups is 1. The lowest BCUT2D eigenvalue weighted by Crippen LogP contribution is -2.42. The van der Waals surface area contributed by atoms with E-state index in [1.165, 1.54) is 19.4 Å². The molecule has 2 aromatic carbocycles. The third-order valence-electron chi connectivity index (χ3n) is 8.28. The van der Waals surface area contributed by atoms with E-state index in [-0.39, 0.29) is 29.3 Å². The first-order valence-electron chi connectivity index (χ1n) is 14.3. The van der Waals surface area contributed by atoms with Crippen LogP contribution >= 0.6 is 0 Å². The molecule has 0 radical (unpaired) electrons. The van der Waals surface area contributed by atoms with Crippen molar-refractivity contribution in [2.45, 2.75) is 25.3 Å². The van der Waals surface area contributed by atoms with Gasteiger partial charge in [-0.2, -0.15) is 10.2 Å². The van der Waals surface area contributed by atoms with Crippen LogP contribution in [0.25, 0.3) is 33.5 Å². The van der Waals surface area contributed by atoms with Gasteiger partial charge in [0.1, 0.15) is 23.0 Å². The van der Waals surface area contributed by atoms with Gasteiger partial charge in [-0.25, -0.2) is 14.4 Å². The van der Waals surface area contributed by atoms with Crippen LogP contribution in [-0.4, -0.2) is 80.5 Å². The number of hydrogen-bond acceptors (Lipinski definition) is 8. The summed E-state index contributed by atoms with van der Waals surface area (Å²) >= 11 is 0. The molecule has 0 N–H and O–H groups in total. The van der Waals surface area contributed by atoms with Crippen molar-refractivity contribution in [3.8, 4) is 28.4 Å². The van der Waals surface area contributed by atoms with Crippen molar-refractivity contribution in [2.24, 2.45) is 14.1 Å². The first kappa shape index (κ1) is 28.5. The van der Waals surface area contributed by atoms with Gasteiger partial charge in [-0.15, -0.1) is 0 Å². The summed E-state index contributed by atoms with van der Waals surface area (Å²) in [5.41, 5.74) is 4.98. The Morgan fingerprint density at radius 2 is 1.91 bits per heavy atom. The number of aromatic nitrogens is 6. The van der Waals surface area contributed by atoms with Crippen molar-refractivity contribution < 1.29 is 13.9 Å². The van der Waals surface area contributed by atoms with Crippen LogP contribution in [0.4, 0.5) is 10.1 Å². The second kappa shape index (κ2) is 11.6. The number of aryl methyl sites for hydroxylation is 2. The highest BCUT2D eigenvalue weighted by molar-refractivity contribution is 6.06. The molecule has 0 saturated carbocycles. The predicted molar refractivity (Wildman–Crippen MR) is 164 cm³/mol. The Kier molecular flexibility index (Phi) is 7.66. The topological polar surface area (TPSA) is 94.2 Å². The molecule has 0 aliphatic carbocycles. The van der Waals surface area contributed by atoms with Crippen LogP contribution in [-0.2, 0) is 20.5 Å². The molecule has 1 fully saturated rings. The van der Waals surface area contributed by atoms with Crippen LogP contribution in [0, 0.1) is 5.82 Å². The number of Topliss-reactive ketones (excluding diaryl/α,β-unsaturated/α-hetero) is 1. The molecule has 0 amide bonds. The maximum absolute atomic E-state index is 14.8. The number of benzene rings is 2. The zero-order chi connectivity index (χ0) is 30.2. The lowest BCUT2D eigenvalue weighted by atomic mass is 9.96. The Bertz CT molecular complexity index is 1800. The van der Waals surface area contributed by atoms with Crippen LogP contribution in [0.5, 0.6) is 5.75 Å². The minimum Gasteiger partial charge on any atom is -0.496 e. The fraction of sp³-hybridized carbons (Fsp3) is 0.344. The van der Waals surface area contributed by atoms with E-state index in [0.29, 0.717) is 11.8 Å². The lowest BCUT2D eigenvalue weighted by Gasteiger charge is -2.37. The lowest BCUT2D eigenvalue weighted by molar-refractivity contribution is 0.0988. The van der Waals surface area contributed by atoms with Gasteiger partial charge in [0.15, 0.2) is 11.6 Å². The molecule has 1 aliphatic heterocycles. The number of rotatable bonds is 8. The summed E-state index contributed by atoms with van der Waals surface area (Å²) < 4.78 is 23.8. The molecule has 6 rings (SSSR count). The maximum atomic E-state index is 14.8. The van der Waals surface area contributed by atoms with E-state index < -0.39 is 5.82 Å². The fourth-order valence-corrected chi connectivity index (χ4v) is 6.03. The predicted octanol–water partition coefficient (Wildman–Crippen LogP) is 4.53. The van der Waals surface area contributed by atoms with Crippen molar-refractivity contribution in [3.63, 3.8) is 0 Å². The first-order valence-corrected chi connectivity index (χ1v) is 14.3. The molecule has 222 valence electrons. The largest absolute Gasteiger partial charge is 0.496 e. The number of methoxy groups -OCH3 is 1. The highest BCUT2D eigenvalue weighted by Crippen LogP contribution is 2.40. The van der Waals surface area contributed by atoms with Crippen LogP contribution in [0.3, 0.4) is 0 Å². The molecule has 5 aromatic rings. The van der Waals surface area contributed by atoms with E-state index in [4.69, 9.17) is 9.84 Å². The number of nitrogens with zero attached hydrogens (tertiary/aromatic N) is 8. The first-order chi connectivity index (χ1) is 20.7. The van der Waals surface area contributed by atoms with Crippen molar-refractivity contribution in [1.82, 2.24) is 34.4 Å². The number of hydrogen-bond donors (Lipinski definition) is 0. The average molecular weight is 583 g/mol. The van der Waals surface area contributed by atoms with Gasteiger partial charge < -0.3 is 14.5 Å². The standard InChI is InChI=1S/C32H35FN8O2/c1-38(2)22-12-15-41(16-13-22)31-20(9-10-25-29(31)30(37-40(25)4)21-18-35-39(3)19-21)17-26(42)24-11-14-34-32(36-24)28-23(33)7-6-8-27(28)43-5/h6-11,14,18-19,22H,12-13,15-17H2,1-5H3. The molecule has 4 heterocycles. The summed E-state index contributed by atoms with van der Waals surface area (Å²) in [6, 6.07) is 10.6. The number of halogens is 1. The van der Waals surface area contributed by atoms with E-state index in [0.717, 1.165) is 59.3 Å². The molecule has 10 nitrogen and oxygen atoms in total. The van der Waals surface area contributed by atoms with Crippen LogP contribution < -0.4 is 9.64 Å². The summed E-state index contributed by atoms with van der Waals surface area (Å²) in [6.07, 6.45) is 7.41. The molecule has 0 spiro atoms. The number of anilines is 1. The summed E-state index contributed by atoms with van der Waals surface area (Å²) in [7, 11) is 9.54. The van der Waals surface area contributed by atoms with Gasteiger partial charge in [0.05, 0.1) is 35.5 Å². The van der Waals surface area contributed by atoms with Gasteiger partial charge in [0, 0.05) is 57.6 Å². The third-order valence-corrected chi connectivity index (χ3v) is 8.28. The van der Waals surface area contributed by atoms with Gasteiger partial charge in [0.25, 0.3) is 0 Å². The van der Waals surface area contributed by atoms with Crippen LogP contribution in [0.1, 0.15) is 28.9 Å². The minimum atomic E-state index is -0.516. The molecule has 3 aromatic heterocycles. The van der Waals surface area contributed by atoms with E-state index in [9.17, 15) is 9.18 Å². The molecule has 1 saturated heterocycles. The smallest absolute Gasteiger partial charge is 0.185 e. The van der Waals surface area contributed by atoms with Gasteiger partial charge in [-0.3, -0.25) is 14.2 Å². The second-order valence-electron chi connectivity index (χ2n) is 11.2. The Morgan fingerprint density at radius 3 is 2.60 bits per heavy atom. The number of carbonyl (C=O) groups excluding carboxylic acids is 1. The normalized spacial score (nSPS) is 14.2. The summed E-state index contributed by atoms with van der Waals surface area (Å²) in [4.78, 5) is 27.3. The SMILES string of the molecule is COc1cccc(F)c1-c1nccc(C(=O)Cc2ccc3c(c(-c4cnn(C)c4)nn3C)c2N2CCC(N(C)C)CC2)n1. The average Bonchev–Trinajstić information content (AvgIpc) is 3.59. The number of ether oxygens (including phenoxy) is 1. The van der Waals surface area contributed by atoms with Crippen molar-refractivity contribution >= 4 is 22.4 Å². The third kappa shape index (κ3) is 5.36. The number of fused-ring (bicyclic) bond motifs is 1. The molecule has 11 heteroatoms. The molecule has 0 bridgehead atoms. The van der Waals surface area contributed by atoms with Crippen molar-refractivity contribution in [2.75, 3.05) is 39.2 Å².